The molecule has 0 saturated heterocycles. The van der Waals surface area contributed by atoms with E-state index in [9.17, 15) is 4.79 Å². The zero-order valence-corrected chi connectivity index (χ0v) is 16.0. The summed E-state index contributed by atoms with van der Waals surface area (Å²) in [5.74, 6) is 0.671. The predicted octanol–water partition coefficient (Wildman–Crippen LogP) is 5.58. The summed E-state index contributed by atoms with van der Waals surface area (Å²) < 4.78 is 0. The molecular formula is C19H17ClN2OS2. The molecule has 2 aromatic carbocycles. The van der Waals surface area contributed by atoms with E-state index >= 15 is 0 Å². The van der Waals surface area contributed by atoms with Gasteiger partial charge in [-0.25, -0.2) is 4.98 Å². The maximum Gasteiger partial charge on any atom is 0.252 e. The number of carbonyl (C=O) groups is 1. The van der Waals surface area contributed by atoms with Crippen molar-refractivity contribution in [3.63, 3.8) is 0 Å². The molecule has 1 unspecified atom stereocenters. The summed E-state index contributed by atoms with van der Waals surface area (Å²) in [6.07, 6.45) is 0. The first-order valence-corrected chi connectivity index (χ1v) is 10.1. The summed E-state index contributed by atoms with van der Waals surface area (Å²) in [5, 5.41) is 5.77. The molecule has 0 fully saturated rings. The molecular weight excluding hydrogens is 372 g/mol. The van der Waals surface area contributed by atoms with Crippen molar-refractivity contribution >= 4 is 40.6 Å². The van der Waals surface area contributed by atoms with Crippen molar-refractivity contribution in [1.29, 1.82) is 0 Å². The Morgan fingerprint density at radius 3 is 2.72 bits per heavy atom. The molecule has 1 heterocycles. The number of nitrogens with one attached hydrogen (secondary N) is 1. The topological polar surface area (TPSA) is 42.0 Å². The third-order valence-corrected chi connectivity index (χ3v) is 5.70. The molecule has 25 heavy (non-hydrogen) atoms. The first-order valence-electron chi connectivity index (χ1n) is 7.78. The van der Waals surface area contributed by atoms with Crippen LogP contribution in [0.1, 0.15) is 34.6 Å². The molecule has 0 aliphatic heterocycles. The van der Waals surface area contributed by atoms with Gasteiger partial charge in [0.2, 0.25) is 0 Å². The van der Waals surface area contributed by atoms with Gasteiger partial charge in [-0.15, -0.1) is 23.1 Å². The van der Waals surface area contributed by atoms with Crippen molar-refractivity contribution in [3.05, 3.63) is 81.3 Å². The van der Waals surface area contributed by atoms with E-state index in [2.05, 4.69) is 10.3 Å². The fraction of sp³-hybridized carbons (Fsp3) is 0.158. The number of benzene rings is 2. The lowest BCUT2D eigenvalue weighted by molar-refractivity contribution is 0.0937. The molecule has 1 atom stereocenters. The van der Waals surface area contributed by atoms with Crippen LogP contribution in [0.4, 0.5) is 0 Å². The first-order chi connectivity index (χ1) is 12.1. The Bertz CT molecular complexity index is 835. The molecule has 3 nitrogen and oxygen atoms in total. The lowest BCUT2D eigenvalue weighted by atomic mass is 10.1. The monoisotopic (exact) mass is 388 g/mol. The number of carbonyl (C=O) groups excluding carboxylic acids is 1. The molecule has 0 bridgehead atoms. The number of aromatic nitrogens is 1. The van der Waals surface area contributed by atoms with E-state index in [1.807, 2.05) is 66.3 Å². The van der Waals surface area contributed by atoms with Gasteiger partial charge < -0.3 is 5.32 Å². The number of rotatable bonds is 6. The number of thiazole rings is 1. The minimum atomic E-state index is -0.0960. The van der Waals surface area contributed by atoms with Gasteiger partial charge in [0.15, 0.2) is 0 Å². The summed E-state index contributed by atoms with van der Waals surface area (Å²) in [6, 6.07) is 15.1. The van der Waals surface area contributed by atoms with Crippen LogP contribution in [0.5, 0.6) is 0 Å². The molecule has 0 aliphatic carbocycles. The summed E-state index contributed by atoms with van der Waals surface area (Å²) in [4.78, 5) is 18.0. The fourth-order valence-electron chi connectivity index (χ4n) is 2.35. The van der Waals surface area contributed by atoms with Gasteiger partial charge in [-0.3, -0.25) is 4.79 Å². The summed E-state index contributed by atoms with van der Waals surface area (Å²) in [7, 11) is 0. The zero-order valence-electron chi connectivity index (χ0n) is 13.6. The number of halogens is 1. The maximum absolute atomic E-state index is 12.7. The smallest absolute Gasteiger partial charge is 0.252 e. The molecule has 128 valence electrons. The Morgan fingerprint density at radius 2 is 2.00 bits per heavy atom. The number of hydrogen-bond donors (Lipinski definition) is 1. The molecule has 1 aromatic heterocycles. The highest BCUT2D eigenvalue weighted by Crippen LogP contribution is 2.27. The lowest BCUT2D eigenvalue weighted by Gasteiger charge is -2.16. The summed E-state index contributed by atoms with van der Waals surface area (Å²) in [6.45, 7) is 1.96. The molecule has 0 spiro atoms. The van der Waals surface area contributed by atoms with Gasteiger partial charge in [-0.05, 0) is 36.8 Å². The standard InChI is InChI=1S/C19H17ClN2OS2/c1-13(14-6-8-15(20)9-7-14)22-19(23)17-4-2-3-5-18(17)25-11-16-10-24-12-21-16/h2-10,12-13H,11H2,1H3,(H,22,23). The number of hydrogen-bond acceptors (Lipinski definition) is 4. The Hall–Kier alpha value is -1.82. The summed E-state index contributed by atoms with van der Waals surface area (Å²) in [5.41, 5.74) is 4.55. The molecule has 3 aromatic rings. The van der Waals surface area contributed by atoms with E-state index in [0.717, 1.165) is 21.9 Å². The van der Waals surface area contributed by atoms with Crippen LogP contribution in [0.15, 0.2) is 64.3 Å². The SMILES string of the molecule is CC(NC(=O)c1ccccc1SCc1cscn1)c1ccc(Cl)cc1. The van der Waals surface area contributed by atoms with E-state index < -0.39 is 0 Å². The van der Waals surface area contributed by atoms with Crippen LogP contribution in [0.25, 0.3) is 0 Å². The van der Waals surface area contributed by atoms with Crippen molar-refractivity contribution in [2.24, 2.45) is 0 Å². The predicted molar refractivity (Wildman–Crippen MR) is 105 cm³/mol. The average Bonchev–Trinajstić information content (AvgIpc) is 3.14. The Balaban J connectivity index is 1.70. The summed E-state index contributed by atoms with van der Waals surface area (Å²) >= 11 is 9.12. The largest absolute Gasteiger partial charge is 0.345 e. The van der Waals surface area contributed by atoms with Crippen molar-refractivity contribution in [2.45, 2.75) is 23.6 Å². The van der Waals surface area contributed by atoms with Gasteiger partial charge >= 0.3 is 0 Å². The second-order valence-corrected chi connectivity index (χ2v) is 7.68. The van der Waals surface area contributed by atoms with E-state index in [1.54, 1.807) is 23.1 Å². The van der Waals surface area contributed by atoms with Crippen LogP contribution >= 0.6 is 34.7 Å². The van der Waals surface area contributed by atoms with Gasteiger partial charge in [-0.2, -0.15) is 0 Å². The number of amides is 1. The number of nitrogens with zero attached hydrogens (tertiary/aromatic N) is 1. The van der Waals surface area contributed by atoms with Crippen LogP contribution in [0.2, 0.25) is 5.02 Å². The number of thioether (sulfide) groups is 1. The van der Waals surface area contributed by atoms with Crippen LogP contribution in [-0.2, 0) is 5.75 Å². The highest BCUT2D eigenvalue weighted by molar-refractivity contribution is 7.98. The second-order valence-electron chi connectivity index (χ2n) is 5.51. The van der Waals surface area contributed by atoms with E-state index in [0.29, 0.717) is 10.6 Å². The van der Waals surface area contributed by atoms with E-state index in [-0.39, 0.29) is 11.9 Å². The van der Waals surface area contributed by atoms with Crippen molar-refractivity contribution in [3.8, 4) is 0 Å². The lowest BCUT2D eigenvalue weighted by Crippen LogP contribution is -2.27. The van der Waals surface area contributed by atoms with Crippen LogP contribution in [0, 0.1) is 0 Å². The van der Waals surface area contributed by atoms with Crippen molar-refractivity contribution in [1.82, 2.24) is 10.3 Å². The highest BCUT2D eigenvalue weighted by atomic mass is 35.5. The average molecular weight is 389 g/mol. The fourth-order valence-corrected chi connectivity index (χ4v) is 4.09. The Morgan fingerprint density at radius 1 is 1.24 bits per heavy atom. The molecule has 1 amide bonds. The molecule has 1 N–H and O–H groups in total. The van der Waals surface area contributed by atoms with E-state index in [1.165, 1.54) is 0 Å². The van der Waals surface area contributed by atoms with Crippen molar-refractivity contribution < 1.29 is 4.79 Å². The maximum atomic E-state index is 12.7. The highest BCUT2D eigenvalue weighted by Gasteiger charge is 2.15. The van der Waals surface area contributed by atoms with Crippen LogP contribution in [-0.4, -0.2) is 10.9 Å². The van der Waals surface area contributed by atoms with Gasteiger partial charge in [0.25, 0.3) is 5.91 Å². The molecule has 0 saturated carbocycles. The van der Waals surface area contributed by atoms with Gasteiger partial charge in [0, 0.05) is 21.1 Å². The quantitative estimate of drug-likeness (QED) is 0.560. The zero-order chi connectivity index (χ0) is 17.6. The van der Waals surface area contributed by atoms with Gasteiger partial charge in [-0.1, -0.05) is 35.9 Å². The van der Waals surface area contributed by atoms with Gasteiger partial charge in [0.1, 0.15) is 0 Å². The minimum absolute atomic E-state index is 0.0798. The molecule has 0 radical (unpaired) electrons. The van der Waals surface area contributed by atoms with Crippen LogP contribution < -0.4 is 5.32 Å². The minimum Gasteiger partial charge on any atom is -0.345 e. The van der Waals surface area contributed by atoms with E-state index in [4.69, 9.17) is 11.6 Å². The normalized spacial score (nSPS) is 11.9. The first kappa shape index (κ1) is 18.0. The second kappa shape index (κ2) is 8.52. The molecule has 0 aliphatic rings. The Labute approximate surface area is 160 Å². The third-order valence-electron chi connectivity index (χ3n) is 3.71. The third kappa shape index (κ3) is 4.84. The Kier molecular flexibility index (Phi) is 6.13. The van der Waals surface area contributed by atoms with Crippen molar-refractivity contribution in [2.75, 3.05) is 0 Å². The molecule has 3 rings (SSSR count). The van der Waals surface area contributed by atoms with Crippen LogP contribution in [0.3, 0.4) is 0 Å². The molecule has 6 heteroatoms. The van der Waals surface area contributed by atoms with Gasteiger partial charge in [0.05, 0.1) is 22.8 Å².